The van der Waals surface area contributed by atoms with Gasteiger partial charge in [0.05, 0.1) is 24.1 Å². The average molecular weight is 440 g/mol. The molecule has 0 radical (unpaired) electrons. The maximum Gasteiger partial charge on any atom is 0.243 e. The number of anilines is 2. The standard InChI is InChI=1S/C20H26ClN3O4S/c1-15(20(25)22-12-13-23(2)16-8-6-5-7-9-16)24(29(4,26)27)17-10-11-19(28-3)18(21)14-17/h5-11,14-15H,12-13H2,1-4H3,(H,22,25)/t15-/m0/s1. The minimum Gasteiger partial charge on any atom is -0.495 e. The Morgan fingerprint density at radius 2 is 1.83 bits per heavy atom. The molecule has 0 saturated heterocycles. The number of likely N-dealkylation sites (N-methyl/N-ethyl adjacent to an activating group) is 1. The van der Waals surface area contributed by atoms with Crippen molar-refractivity contribution in [1.29, 1.82) is 0 Å². The fourth-order valence-corrected chi connectivity index (χ4v) is 4.33. The Labute approximate surface area is 177 Å². The number of nitrogens with one attached hydrogen (secondary N) is 1. The Balaban J connectivity index is 2.08. The second-order valence-electron chi connectivity index (χ2n) is 6.60. The van der Waals surface area contributed by atoms with Gasteiger partial charge in [0.15, 0.2) is 0 Å². The van der Waals surface area contributed by atoms with Crippen molar-refractivity contribution in [2.24, 2.45) is 0 Å². The van der Waals surface area contributed by atoms with Crippen molar-refractivity contribution in [3.8, 4) is 5.75 Å². The highest BCUT2D eigenvalue weighted by atomic mass is 35.5. The number of hydrogen-bond acceptors (Lipinski definition) is 5. The summed E-state index contributed by atoms with van der Waals surface area (Å²) in [6, 6.07) is 13.4. The number of hydrogen-bond donors (Lipinski definition) is 1. The zero-order valence-corrected chi connectivity index (χ0v) is 18.5. The number of ether oxygens (including phenoxy) is 1. The predicted octanol–water partition coefficient (Wildman–Crippen LogP) is 2.76. The molecule has 158 valence electrons. The highest BCUT2D eigenvalue weighted by Crippen LogP contribution is 2.31. The van der Waals surface area contributed by atoms with Crippen LogP contribution < -0.4 is 19.3 Å². The summed E-state index contributed by atoms with van der Waals surface area (Å²) < 4.78 is 30.9. The van der Waals surface area contributed by atoms with Gasteiger partial charge in [0.1, 0.15) is 11.8 Å². The number of carbonyl (C=O) groups excluding carboxylic acids is 1. The number of halogens is 1. The van der Waals surface area contributed by atoms with Crippen molar-refractivity contribution in [2.75, 3.05) is 42.7 Å². The van der Waals surface area contributed by atoms with E-state index in [1.165, 1.54) is 20.1 Å². The molecule has 0 heterocycles. The molecule has 2 aromatic carbocycles. The Kier molecular flexibility index (Phi) is 7.75. The second-order valence-corrected chi connectivity index (χ2v) is 8.87. The molecular weight excluding hydrogens is 414 g/mol. The molecule has 0 aromatic heterocycles. The van der Waals surface area contributed by atoms with Crippen molar-refractivity contribution in [3.63, 3.8) is 0 Å². The Hall–Kier alpha value is -2.45. The van der Waals surface area contributed by atoms with Crippen molar-refractivity contribution >= 4 is 38.9 Å². The lowest BCUT2D eigenvalue weighted by Crippen LogP contribution is -2.49. The highest BCUT2D eigenvalue weighted by Gasteiger charge is 2.29. The number of methoxy groups -OCH3 is 1. The molecule has 2 rings (SSSR count). The zero-order valence-electron chi connectivity index (χ0n) is 16.9. The highest BCUT2D eigenvalue weighted by molar-refractivity contribution is 7.92. The summed E-state index contributed by atoms with van der Waals surface area (Å²) >= 11 is 6.13. The van der Waals surface area contributed by atoms with Gasteiger partial charge in [-0.1, -0.05) is 29.8 Å². The molecule has 0 aliphatic rings. The van der Waals surface area contributed by atoms with Crippen molar-refractivity contribution < 1.29 is 17.9 Å². The van der Waals surface area contributed by atoms with Gasteiger partial charge >= 0.3 is 0 Å². The molecule has 0 aliphatic heterocycles. The molecule has 0 unspecified atom stereocenters. The Bertz CT molecular complexity index is 938. The Morgan fingerprint density at radius 1 is 1.17 bits per heavy atom. The van der Waals surface area contributed by atoms with Gasteiger partial charge in [0.2, 0.25) is 15.9 Å². The third-order valence-corrected chi connectivity index (χ3v) is 5.96. The fraction of sp³-hybridized carbons (Fsp3) is 0.350. The van der Waals surface area contributed by atoms with Crippen LogP contribution in [-0.4, -0.2) is 53.9 Å². The summed E-state index contributed by atoms with van der Waals surface area (Å²) in [6.07, 6.45) is 1.05. The molecule has 2 aromatic rings. The molecular formula is C20H26ClN3O4S. The normalized spacial score (nSPS) is 12.2. The van der Waals surface area contributed by atoms with Gasteiger partial charge in [-0.15, -0.1) is 0 Å². The van der Waals surface area contributed by atoms with E-state index in [0.717, 1.165) is 16.2 Å². The molecule has 29 heavy (non-hydrogen) atoms. The molecule has 7 nitrogen and oxygen atoms in total. The molecule has 1 N–H and O–H groups in total. The number of nitrogens with zero attached hydrogens (tertiary/aromatic N) is 2. The minimum absolute atomic E-state index is 0.260. The number of amides is 1. The summed E-state index contributed by atoms with van der Waals surface area (Å²) in [5.74, 6) is 0.0220. The van der Waals surface area contributed by atoms with Gasteiger partial charge < -0.3 is 15.0 Å². The van der Waals surface area contributed by atoms with Crippen LogP contribution >= 0.6 is 11.6 Å². The molecule has 1 amide bonds. The summed E-state index contributed by atoms with van der Waals surface area (Å²) in [7, 11) is -0.327. The van der Waals surface area contributed by atoms with E-state index in [2.05, 4.69) is 5.32 Å². The molecule has 0 fully saturated rings. The molecule has 9 heteroatoms. The number of para-hydroxylation sites is 1. The number of carbonyl (C=O) groups is 1. The zero-order chi connectivity index (χ0) is 21.6. The van der Waals surface area contributed by atoms with Crippen LogP contribution in [0.3, 0.4) is 0 Å². The maximum absolute atomic E-state index is 12.6. The maximum atomic E-state index is 12.6. The fourth-order valence-electron chi connectivity index (χ4n) is 2.91. The summed E-state index contributed by atoms with van der Waals surface area (Å²) in [6.45, 7) is 2.49. The molecule has 0 saturated carbocycles. The van der Waals surface area contributed by atoms with Crippen LogP contribution in [0.15, 0.2) is 48.5 Å². The molecule has 0 aliphatic carbocycles. The van der Waals surface area contributed by atoms with Crippen LogP contribution in [0.4, 0.5) is 11.4 Å². The first-order valence-electron chi connectivity index (χ1n) is 9.02. The molecule has 0 bridgehead atoms. The summed E-state index contributed by atoms with van der Waals surface area (Å²) in [5, 5.41) is 3.06. The van der Waals surface area contributed by atoms with Gasteiger partial charge in [0.25, 0.3) is 0 Å². The van der Waals surface area contributed by atoms with E-state index in [9.17, 15) is 13.2 Å². The smallest absolute Gasteiger partial charge is 0.243 e. The predicted molar refractivity (Wildman–Crippen MR) is 118 cm³/mol. The van der Waals surface area contributed by atoms with E-state index in [0.29, 0.717) is 24.5 Å². The number of sulfonamides is 1. The quantitative estimate of drug-likeness (QED) is 0.650. The lowest BCUT2D eigenvalue weighted by atomic mass is 10.2. The van der Waals surface area contributed by atoms with Gasteiger partial charge in [0, 0.05) is 25.8 Å². The van der Waals surface area contributed by atoms with Crippen molar-refractivity contribution in [1.82, 2.24) is 5.32 Å². The van der Waals surface area contributed by atoms with Crippen LogP contribution in [-0.2, 0) is 14.8 Å². The largest absolute Gasteiger partial charge is 0.495 e. The first kappa shape index (κ1) is 22.8. The number of benzene rings is 2. The first-order chi connectivity index (χ1) is 13.6. The van der Waals surface area contributed by atoms with Gasteiger partial charge in [-0.2, -0.15) is 0 Å². The summed E-state index contributed by atoms with van der Waals surface area (Å²) in [4.78, 5) is 14.6. The van der Waals surface area contributed by atoms with E-state index in [4.69, 9.17) is 16.3 Å². The molecule has 1 atom stereocenters. The van der Waals surface area contributed by atoms with E-state index >= 15 is 0 Å². The average Bonchev–Trinajstić information content (AvgIpc) is 2.67. The van der Waals surface area contributed by atoms with Gasteiger partial charge in [-0.3, -0.25) is 9.10 Å². The topological polar surface area (TPSA) is 79.0 Å². The first-order valence-corrected chi connectivity index (χ1v) is 11.2. The second kappa shape index (κ2) is 9.84. The Morgan fingerprint density at radius 3 is 2.38 bits per heavy atom. The monoisotopic (exact) mass is 439 g/mol. The number of rotatable bonds is 9. The van der Waals surface area contributed by atoms with E-state index in [1.54, 1.807) is 12.1 Å². The van der Waals surface area contributed by atoms with Crippen LogP contribution in [0.1, 0.15) is 6.92 Å². The minimum atomic E-state index is -3.72. The third-order valence-electron chi connectivity index (χ3n) is 4.42. The lowest BCUT2D eigenvalue weighted by Gasteiger charge is -2.29. The van der Waals surface area contributed by atoms with E-state index < -0.39 is 22.0 Å². The van der Waals surface area contributed by atoms with Crippen LogP contribution in [0.2, 0.25) is 5.02 Å². The molecule has 0 spiro atoms. The lowest BCUT2D eigenvalue weighted by molar-refractivity contribution is -0.121. The van der Waals surface area contributed by atoms with Crippen molar-refractivity contribution in [2.45, 2.75) is 13.0 Å². The van der Waals surface area contributed by atoms with Gasteiger partial charge in [-0.05, 0) is 37.3 Å². The van der Waals surface area contributed by atoms with E-state index in [-0.39, 0.29) is 5.02 Å². The van der Waals surface area contributed by atoms with Crippen LogP contribution in [0, 0.1) is 0 Å². The van der Waals surface area contributed by atoms with Crippen LogP contribution in [0.25, 0.3) is 0 Å². The van der Waals surface area contributed by atoms with Crippen LogP contribution in [0.5, 0.6) is 5.75 Å². The van der Waals surface area contributed by atoms with Gasteiger partial charge in [-0.25, -0.2) is 8.42 Å². The van der Waals surface area contributed by atoms with E-state index in [1.807, 2.05) is 42.3 Å². The summed E-state index contributed by atoms with van der Waals surface area (Å²) in [5.41, 5.74) is 1.32. The van der Waals surface area contributed by atoms with Crippen molar-refractivity contribution in [3.05, 3.63) is 53.6 Å². The third kappa shape index (κ3) is 6.01. The SMILES string of the molecule is COc1ccc(N([C@@H](C)C(=O)NCCN(C)c2ccccc2)S(C)(=O)=O)cc1Cl.